The number of hydrogen-bond donors (Lipinski definition) is 1. The molecule has 2 aliphatic heterocycles. The van der Waals surface area contributed by atoms with Crippen LogP contribution in [-0.2, 0) is 6.42 Å². The highest BCUT2D eigenvalue weighted by Crippen LogP contribution is 2.33. The van der Waals surface area contributed by atoms with E-state index in [1.807, 2.05) is 45.2 Å². The first-order valence-corrected chi connectivity index (χ1v) is 20.6. The first kappa shape index (κ1) is 39.1. The maximum atomic E-state index is 15.1. The highest BCUT2D eigenvalue weighted by molar-refractivity contribution is 5.85. The van der Waals surface area contributed by atoms with Crippen LogP contribution in [-0.4, -0.2) is 87.2 Å². The standard InChI is InChI=1S/C23H25FN6.C22H20FN7/c1-4-29-7-5-16(6-8-29)17-10-19(24)18-12-21(27-26-20(18)11-17)22-9-14(2)23-25-15(3)13-30(23)28-22;1-13-12-30-22(26-13)15(2-5-24)9-20(29-30)16-8-18(23)17-11-19(27-28-21(17)10-16)14-3-6-25-7-4-14/h9-13,16H,4-8H2,1-3H3;8-12,14,25H,2-4,6-7H2,1H3. The molecule has 2 aromatic carbocycles. The van der Waals surface area contributed by atoms with Gasteiger partial charge in [-0.15, -0.1) is 10.2 Å². The summed E-state index contributed by atoms with van der Waals surface area (Å²) in [6, 6.07) is 16.4. The highest BCUT2D eigenvalue weighted by Gasteiger charge is 2.23. The van der Waals surface area contributed by atoms with E-state index in [-0.39, 0.29) is 18.1 Å². The molecule has 2 aliphatic rings. The molecule has 304 valence electrons. The van der Waals surface area contributed by atoms with Gasteiger partial charge >= 0.3 is 0 Å². The molecule has 0 aliphatic carbocycles. The van der Waals surface area contributed by atoms with Crippen molar-refractivity contribution in [3.63, 3.8) is 0 Å². The molecule has 0 unspecified atom stereocenters. The fourth-order valence-corrected chi connectivity index (χ4v) is 8.53. The largest absolute Gasteiger partial charge is 0.317 e. The number of aromatic nitrogens is 10. The van der Waals surface area contributed by atoms with Gasteiger partial charge in [0.05, 0.1) is 58.7 Å². The number of fused-ring (bicyclic) bond motifs is 4. The molecule has 15 heteroatoms. The number of nitriles is 1. The van der Waals surface area contributed by atoms with Crippen LogP contribution in [0.2, 0.25) is 0 Å². The minimum Gasteiger partial charge on any atom is -0.317 e. The summed E-state index contributed by atoms with van der Waals surface area (Å²) in [5.74, 6) is 0.0969. The van der Waals surface area contributed by atoms with Gasteiger partial charge in [-0.2, -0.15) is 25.7 Å². The minimum absolute atomic E-state index is 0.199. The van der Waals surface area contributed by atoms with E-state index in [0.29, 0.717) is 61.9 Å². The molecule has 2 fully saturated rings. The SMILES string of the molecule is CCN1CCC(c2cc(F)c3cc(-c4cc(C)c5nc(C)cn5n4)nnc3c2)CC1.Cc1cn2nc(-c3cc(F)c4cc(C5CCNCC5)nnc4c3)cc(CC#N)c2n1. The summed E-state index contributed by atoms with van der Waals surface area (Å²) in [6.07, 6.45) is 7.94. The summed E-state index contributed by atoms with van der Waals surface area (Å²) in [4.78, 5) is 11.4. The molecule has 13 nitrogen and oxygen atoms in total. The second kappa shape index (κ2) is 16.4. The van der Waals surface area contributed by atoms with Crippen molar-refractivity contribution in [1.29, 1.82) is 5.26 Å². The van der Waals surface area contributed by atoms with Crippen molar-refractivity contribution in [2.24, 2.45) is 0 Å². The van der Waals surface area contributed by atoms with Crippen LogP contribution >= 0.6 is 0 Å². The summed E-state index contributed by atoms with van der Waals surface area (Å²) >= 11 is 0. The summed E-state index contributed by atoms with van der Waals surface area (Å²) in [7, 11) is 0. The van der Waals surface area contributed by atoms with Crippen LogP contribution in [0.1, 0.15) is 78.2 Å². The normalized spacial score (nSPS) is 15.5. The van der Waals surface area contributed by atoms with Crippen LogP contribution in [0.15, 0.2) is 60.9 Å². The Morgan fingerprint density at radius 3 is 2.12 bits per heavy atom. The Kier molecular flexibility index (Phi) is 10.7. The van der Waals surface area contributed by atoms with Crippen LogP contribution in [0.4, 0.5) is 8.78 Å². The quantitative estimate of drug-likeness (QED) is 0.177. The summed E-state index contributed by atoms with van der Waals surface area (Å²) < 4.78 is 33.5. The van der Waals surface area contributed by atoms with Crippen molar-refractivity contribution in [1.82, 2.24) is 59.8 Å². The lowest BCUT2D eigenvalue weighted by Crippen LogP contribution is -2.32. The molecule has 8 aromatic rings. The van der Waals surface area contributed by atoms with Gasteiger partial charge in [-0.05, 0) is 145 Å². The average molecular weight is 806 g/mol. The Morgan fingerprint density at radius 1 is 0.700 bits per heavy atom. The van der Waals surface area contributed by atoms with E-state index < -0.39 is 0 Å². The van der Waals surface area contributed by atoms with Gasteiger partial charge in [0.1, 0.15) is 23.0 Å². The van der Waals surface area contributed by atoms with Crippen LogP contribution in [0.5, 0.6) is 0 Å². The number of nitrogens with zero attached hydrogens (tertiary/aromatic N) is 12. The van der Waals surface area contributed by atoms with Gasteiger partial charge in [-0.25, -0.2) is 27.8 Å². The number of halogens is 2. The topological polar surface area (TPSA) is 151 Å². The summed E-state index contributed by atoms with van der Waals surface area (Å²) in [5, 5.41) is 40.0. The zero-order valence-electron chi connectivity index (χ0n) is 34.1. The second-order valence-corrected chi connectivity index (χ2v) is 16.0. The third-order valence-electron chi connectivity index (χ3n) is 11.8. The van der Waals surface area contributed by atoms with Crippen molar-refractivity contribution in [3.05, 3.63) is 106 Å². The predicted molar refractivity (Wildman–Crippen MR) is 225 cm³/mol. The van der Waals surface area contributed by atoms with E-state index in [4.69, 9.17) is 0 Å². The molecule has 1 N–H and O–H groups in total. The molecule has 6 aromatic heterocycles. The van der Waals surface area contributed by atoms with Crippen molar-refractivity contribution in [3.8, 4) is 28.7 Å². The fourth-order valence-electron chi connectivity index (χ4n) is 8.53. The highest BCUT2D eigenvalue weighted by atomic mass is 19.1. The Bertz CT molecular complexity index is 2940. The molecule has 2 saturated heterocycles. The second-order valence-electron chi connectivity index (χ2n) is 16.0. The molecule has 0 spiro atoms. The molecule has 0 amide bonds. The molecule has 0 atom stereocenters. The third-order valence-corrected chi connectivity index (χ3v) is 11.8. The third kappa shape index (κ3) is 7.76. The van der Waals surface area contributed by atoms with Gasteiger partial charge in [-0.1, -0.05) is 6.92 Å². The van der Waals surface area contributed by atoms with Crippen molar-refractivity contribution in [2.45, 2.75) is 71.6 Å². The number of imidazole rings is 2. The number of aryl methyl sites for hydroxylation is 3. The Balaban J connectivity index is 0.000000154. The number of rotatable bonds is 6. The van der Waals surface area contributed by atoms with Gasteiger partial charge < -0.3 is 10.2 Å². The summed E-state index contributed by atoms with van der Waals surface area (Å²) in [6.45, 7) is 13.1. The van der Waals surface area contributed by atoms with Gasteiger partial charge in [0.25, 0.3) is 0 Å². The van der Waals surface area contributed by atoms with Crippen molar-refractivity contribution < 1.29 is 8.78 Å². The monoisotopic (exact) mass is 805 g/mol. The van der Waals surface area contributed by atoms with Gasteiger partial charge in [0.2, 0.25) is 0 Å². The number of benzene rings is 2. The molecule has 10 rings (SSSR count). The van der Waals surface area contributed by atoms with Crippen LogP contribution < -0.4 is 5.32 Å². The maximum Gasteiger partial charge on any atom is 0.158 e. The Labute approximate surface area is 345 Å². The lowest BCUT2D eigenvalue weighted by molar-refractivity contribution is 0.222. The number of hydrogen-bond acceptors (Lipinski definition) is 11. The van der Waals surface area contributed by atoms with E-state index in [2.05, 4.69) is 63.8 Å². The van der Waals surface area contributed by atoms with E-state index in [9.17, 15) is 5.26 Å². The Hall–Kier alpha value is -6.37. The molecule has 60 heavy (non-hydrogen) atoms. The van der Waals surface area contributed by atoms with E-state index >= 15 is 8.78 Å². The zero-order chi connectivity index (χ0) is 41.5. The molecule has 0 radical (unpaired) electrons. The average Bonchev–Trinajstić information content (AvgIpc) is 3.85. The molecule has 8 heterocycles. The van der Waals surface area contributed by atoms with Crippen LogP contribution in [0.3, 0.4) is 0 Å². The number of piperidine rings is 2. The maximum absolute atomic E-state index is 15.1. The fraction of sp³-hybridized carbons (Fsp3) is 0.356. The van der Waals surface area contributed by atoms with Crippen LogP contribution in [0.25, 0.3) is 55.7 Å². The zero-order valence-corrected chi connectivity index (χ0v) is 34.1. The Morgan fingerprint density at radius 2 is 1.37 bits per heavy atom. The van der Waals surface area contributed by atoms with Crippen LogP contribution in [0, 0.1) is 43.7 Å². The minimum atomic E-state index is -0.349. The van der Waals surface area contributed by atoms with E-state index in [1.54, 1.807) is 39.5 Å². The van der Waals surface area contributed by atoms with Crippen molar-refractivity contribution in [2.75, 3.05) is 32.7 Å². The van der Waals surface area contributed by atoms with E-state index in [0.717, 1.165) is 97.8 Å². The van der Waals surface area contributed by atoms with Gasteiger partial charge in [-0.3, -0.25) is 0 Å². The van der Waals surface area contributed by atoms with Gasteiger partial charge in [0.15, 0.2) is 11.3 Å². The summed E-state index contributed by atoms with van der Waals surface area (Å²) in [5.41, 5.74) is 10.2. The number of nitrogens with one attached hydrogen (secondary N) is 1. The predicted octanol–water partition coefficient (Wildman–Crippen LogP) is 7.61. The number of likely N-dealkylation sites (tertiary alicyclic amines) is 1. The molecule has 0 saturated carbocycles. The van der Waals surface area contributed by atoms with Crippen molar-refractivity contribution >= 4 is 33.1 Å². The smallest absolute Gasteiger partial charge is 0.158 e. The van der Waals surface area contributed by atoms with Gasteiger partial charge in [0, 0.05) is 27.8 Å². The first-order chi connectivity index (χ1) is 29.1. The van der Waals surface area contributed by atoms with E-state index in [1.165, 1.54) is 6.07 Å². The molecular weight excluding hydrogens is 761 g/mol. The molecular formula is C45H45F2N13. The first-order valence-electron chi connectivity index (χ1n) is 20.6. The molecule has 0 bridgehead atoms. The lowest BCUT2D eigenvalue weighted by Gasteiger charge is -2.31. The lowest BCUT2D eigenvalue weighted by atomic mass is 9.88.